The zero-order valence-electron chi connectivity index (χ0n) is 10.4. The number of nitrogens with zero attached hydrogens (tertiary/aromatic N) is 2. The van der Waals surface area contributed by atoms with E-state index in [2.05, 4.69) is 5.10 Å². The molecular weight excluding hydrogens is 238 g/mol. The molecule has 0 saturated carbocycles. The van der Waals surface area contributed by atoms with Gasteiger partial charge in [0.2, 0.25) is 0 Å². The van der Waals surface area contributed by atoms with Crippen molar-refractivity contribution in [2.24, 2.45) is 0 Å². The second-order valence-corrected chi connectivity index (χ2v) is 4.57. The molecule has 3 N–H and O–H groups in total. The Hall–Kier alpha value is -2.33. The van der Waals surface area contributed by atoms with Gasteiger partial charge in [0.05, 0.1) is 24.4 Å². The summed E-state index contributed by atoms with van der Waals surface area (Å²) in [5.41, 5.74) is 8.21. The van der Waals surface area contributed by atoms with Crippen molar-refractivity contribution in [2.45, 2.75) is 12.6 Å². The van der Waals surface area contributed by atoms with Crippen LogP contribution in [0.3, 0.4) is 0 Å². The summed E-state index contributed by atoms with van der Waals surface area (Å²) in [6.45, 7) is 0.414. The van der Waals surface area contributed by atoms with E-state index in [9.17, 15) is 5.11 Å². The van der Waals surface area contributed by atoms with Crippen molar-refractivity contribution < 1.29 is 5.11 Å². The lowest BCUT2D eigenvalue weighted by Crippen LogP contribution is -2.10. The molecule has 4 nitrogen and oxygen atoms in total. The number of anilines is 1. The van der Waals surface area contributed by atoms with Crippen LogP contribution in [0.2, 0.25) is 0 Å². The van der Waals surface area contributed by atoms with E-state index in [1.807, 2.05) is 41.1 Å². The monoisotopic (exact) mass is 253 g/mol. The smallest absolute Gasteiger partial charge is 0.0986 e. The molecule has 0 aliphatic carbocycles. The minimum atomic E-state index is -0.619. The van der Waals surface area contributed by atoms with Gasteiger partial charge >= 0.3 is 0 Å². The van der Waals surface area contributed by atoms with E-state index in [-0.39, 0.29) is 0 Å². The molecule has 1 aromatic heterocycles. The molecule has 0 saturated heterocycles. The van der Waals surface area contributed by atoms with E-state index < -0.39 is 6.10 Å². The average Bonchev–Trinajstić information content (AvgIpc) is 2.82. The number of nitrogen functional groups attached to an aromatic ring is 1. The Labute approximate surface area is 111 Å². The Kier molecular flexibility index (Phi) is 2.93. The quantitative estimate of drug-likeness (QED) is 0.704. The van der Waals surface area contributed by atoms with Crippen LogP contribution < -0.4 is 5.73 Å². The first-order chi connectivity index (χ1) is 9.24. The van der Waals surface area contributed by atoms with Gasteiger partial charge in [-0.05, 0) is 23.8 Å². The van der Waals surface area contributed by atoms with Crippen molar-refractivity contribution in [3.8, 4) is 0 Å². The highest BCUT2D eigenvalue weighted by Crippen LogP contribution is 2.20. The summed E-state index contributed by atoms with van der Waals surface area (Å²) in [4.78, 5) is 0. The molecule has 3 rings (SSSR count). The maximum absolute atomic E-state index is 10.3. The fourth-order valence-corrected chi connectivity index (χ4v) is 2.21. The lowest BCUT2D eigenvalue weighted by atomic mass is 10.1. The Morgan fingerprint density at radius 3 is 2.84 bits per heavy atom. The Bertz CT molecular complexity index is 705. The molecule has 0 fully saturated rings. The lowest BCUT2D eigenvalue weighted by molar-refractivity contribution is 0.153. The van der Waals surface area contributed by atoms with Gasteiger partial charge in [0.25, 0.3) is 0 Å². The molecule has 1 heterocycles. The molecular formula is C15H15N3O. The van der Waals surface area contributed by atoms with Gasteiger partial charge in [-0.2, -0.15) is 5.10 Å². The first-order valence-electron chi connectivity index (χ1n) is 6.18. The number of nitrogens with two attached hydrogens (primary N) is 1. The number of rotatable bonds is 3. The largest absolute Gasteiger partial charge is 0.399 e. The molecule has 0 spiro atoms. The predicted molar refractivity (Wildman–Crippen MR) is 75.5 cm³/mol. The third-order valence-corrected chi connectivity index (χ3v) is 3.19. The van der Waals surface area contributed by atoms with Gasteiger partial charge in [0.15, 0.2) is 0 Å². The van der Waals surface area contributed by atoms with Crippen LogP contribution in [0.1, 0.15) is 11.7 Å². The summed E-state index contributed by atoms with van der Waals surface area (Å²) in [7, 11) is 0. The van der Waals surface area contributed by atoms with Crippen LogP contribution in [0.15, 0.2) is 54.7 Å². The van der Waals surface area contributed by atoms with E-state index in [0.717, 1.165) is 16.5 Å². The van der Waals surface area contributed by atoms with Crippen molar-refractivity contribution in [3.63, 3.8) is 0 Å². The topological polar surface area (TPSA) is 64.1 Å². The number of hydrogen-bond acceptors (Lipinski definition) is 3. The molecule has 1 atom stereocenters. The number of para-hydroxylation sites is 1. The van der Waals surface area contributed by atoms with Crippen molar-refractivity contribution in [3.05, 3.63) is 60.3 Å². The van der Waals surface area contributed by atoms with Crippen LogP contribution in [-0.4, -0.2) is 14.9 Å². The number of hydrogen-bond donors (Lipinski definition) is 2. The van der Waals surface area contributed by atoms with E-state index >= 15 is 0 Å². The number of benzene rings is 2. The molecule has 0 aliphatic rings. The third kappa shape index (κ3) is 2.30. The average molecular weight is 253 g/mol. The molecule has 0 amide bonds. The second-order valence-electron chi connectivity index (χ2n) is 4.57. The summed E-state index contributed by atoms with van der Waals surface area (Å²) in [5, 5.41) is 15.6. The first kappa shape index (κ1) is 11.7. The van der Waals surface area contributed by atoms with Gasteiger partial charge in [-0.15, -0.1) is 0 Å². The van der Waals surface area contributed by atoms with Crippen molar-refractivity contribution >= 4 is 16.6 Å². The minimum absolute atomic E-state index is 0.414. The summed E-state index contributed by atoms with van der Waals surface area (Å²) in [6.07, 6.45) is 1.19. The molecule has 1 unspecified atom stereocenters. The van der Waals surface area contributed by atoms with Crippen LogP contribution in [0, 0.1) is 0 Å². The van der Waals surface area contributed by atoms with E-state index in [0.29, 0.717) is 12.2 Å². The predicted octanol–water partition coefficient (Wildman–Crippen LogP) is 2.35. The summed E-state index contributed by atoms with van der Waals surface area (Å²) < 4.78 is 1.81. The molecule has 0 aliphatic heterocycles. The van der Waals surface area contributed by atoms with Crippen LogP contribution in [0.4, 0.5) is 5.69 Å². The van der Waals surface area contributed by atoms with Crippen LogP contribution in [0.5, 0.6) is 0 Å². The zero-order chi connectivity index (χ0) is 13.2. The van der Waals surface area contributed by atoms with E-state index in [4.69, 9.17) is 5.73 Å². The van der Waals surface area contributed by atoms with E-state index in [1.54, 1.807) is 18.3 Å². The Morgan fingerprint density at radius 2 is 2.00 bits per heavy atom. The fourth-order valence-electron chi connectivity index (χ4n) is 2.21. The molecule has 4 heteroatoms. The molecule has 19 heavy (non-hydrogen) atoms. The highest BCUT2D eigenvalue weighted by molar-refractivity contribution is 5.78. The Morgan fingerprint density at radius 1 is 1.16 bits per heavy atom. The van der Waals surface area contributed by atoms with E-state index in [1.165, 1.54) is 0 Å². The first-order valence-corrected chi connectivity index (χ1v) is 6.18. The number of fused-ring (bicyclic) bond motifs is 1. The summed E-state index contributed by atoms with van der Waals surface area (Å²) >= 11 is 0. The van der Waals surface area contributed by atoms with Crippen LogP contribution in [0.25, 0.3) is 10.9 Å². The van der Waals surface area contributed by atoms with Gasteiger partial charge < -0.3 is 10.8 Å². The van der Waals surface area contributed by atoms with Crippen molar-refractivity contribution in [1.29, 1.82) is 0 Å². The fraction of sp³-hybridized carbons (Fsp3) is 0.133. The molecule has 96 valence electrons. The maximum atomic E-state index is 10.3. The molecule has 0 bridgehead atoms. The van der Waals surface area contributed by atoms with Gasteiger partial charge in [0.1, 0.15) is 0 Å². The van der Waals surface area contributed by atoms with Gasteiger partial charge in [-0.3, -0.25) is 4.68 Å². The van der Waals surface area contributed by atoms with Crippen molar-refractivity contribution in [2.75, 3.05) is 5.73 Å². The number of aromatic nitrogens is 2. The summed E-state index contributed by atoms with van der Waals surface area (Å²) in [6, 6.07) is 15.2. The highest BCUT2D eigenvalue weighted by Gasteiger charge is 2.11. The highest BCUT2D eigenvalue weighted by atomic mass is 16.3. The zero-order valence-corrected chi connectivity index (χ0v) is 10.4. The lowest BCUT2D eigenvalue weighted by Gasteiger charge is -2.12. The van der Waals surface area contributed by atoms with Crippen LogP contribution in [-0.2, 0) is 6.54 Å². The second kappa shape index (κ2) is 4.74. The SMILES string of the molecule is Nc1cccc(C(O)Cn2ncc3ccccc32)c1. The molecule has 3 aromatic rings. The number of aliphatic hydroxyl groups is 1. The maximum Gasteiger partial charge on any atom is 0.0986 e. The van der Waals surface area contributed by atoms with Gasteiger partial charge in [-0.1, -0.05) is 30.3 Å². The Balaban J connectivity index is 1.89. The standard InChI is InChI=1S/C15H15N3O/c16-13-6-3-5-11(8-13)15(19)10-18-14-7-2-1-4-12(14)9-17-18/h1-9,15,19H,10,16H2. The molecule has 2 aromatic carbocycles. The van der Waals surface area contributed by atoms with Crippen LogP contribution >= 0.6 is 0 Å². The van der Waals surface area contributed by atoms with Gasteiger partial charge in [-0.25, -0.2) is 0 Å². The minimum Gasteiger partial charge on any atom is -0.399 e. The summed E-state index contributed by atoms with van der Waals surface area (Å²) in [5.74, 6) is 0. The normalized spacial score (nSPS) is 12.7. The number of aliphatic hydroxyl groups excluding tert-OH is 1. The van der Waals surface area contributed by atoms with Crippen molar-refractivity contribution in [1.82, 2.24) is 9.78 Å². The molecule has 0 radical (unpaired) electrons. The van der Waals surface area contributed by atoms with Gasteiger partial charge in [0, 0.05) is 11.1 Å². The third-order valence-electron chi connectivity index (χ3n) is 3.19.